The third-order valence-electron chi connectivity index (χ3n) is 17.8. The molecule has 0 aliphatic rings. The van der Waals surface area contributed by atoms with E-state index in [1.807, 2.05) is 48.5 Å². The van der Waals surface area contributed by atoms with Gasteiger partial charge in [-0.1, -0.05) is 237 Å². The maximum atomic E-state index is 12.6. The fourth-order valence-corrected chi connectivity index (χ4v) is 16.7. The molecule has 87 heavy (non-hydrogen) atoms. The number of rotatable bonds is 7. The van der Waals surface area contributed by atoms with Crippen LogP contribution in [0.4, 0.5) is 0 Å². The van der Waals surface area contributed by atoms with Crippen molar-refractivity contribution in [3.05, 3.63) is 278 Å². The number of hydrogen-bond donors (Lipinski definition) is 0. The van der Waals surface area contributed by atoms with E-state index in [2.05, 4.69) is 240 Å². The van der Waals surface area contributed by atoms with E-state index in [1.54, 1.807) is 22.7 Å². The number of fused-ring (bicyclic) bond motifs is 17. The molecule has 5 aromatic heterocycles. The van der Waals surface area contributed by atoms with Crippen molar-refractivity contribution in [1.29, 1.82) is 10.5 Å². The van der Waals surface area contributed by atoms with Gasteiger partial charge in [0.05, 0.1) is 54.0 Å². The Morgan fingerprint density at radius 2 is 0.770 bits per heavy atom. The fourth-order valence-electron chi connectivity index (χ4n) is 14.2. The Morgan fingerprint density at radius 1 is 0.322 bits per heavy atom. The lowest BCUT2D eigenvalue weighted by molar-refractivity contribution is 0.670. The van der Waals surface area contributed by atoms with Crippen LogP contribution < -0.4 is 0 Å². The molecular weight excluding hydrogens is 1100 g/mol. The molecule has 18 aromatic rings. The number of nitrogens with zero attached hydrogens (tertiary/aromatic N) is 4. The third-order valence-corrected chi connectivity index (χ3v) is 20.2. The Morgan fingerprint density at radius 3 is 1.36 bits per heavy atom. The molecule has 0 amide bonds. The van der Waals surface area contributed by atoms with Gasteiger partial charge in [-0.05, 0) is 69.3 Å². The number of nitriles is 2. The first kappa shape index (κ1) is 49.1. The topological polar surface area (TPSA) is 70.6 Å². The molecule has 7 heteroatoms. The van der Waals surface area contributed by atoms with E-state index in [1.165, 1.54) is 31.3 Å². The van der Waals surface area contributed by atoms with Crippen LogP contribution in [-0.4, -0.2) is 9.13 Å². The summed E-state index contributed by atoms with van der Waals surface area (Å²) in [4.78, 5) is 0. The molecule has 0 bridgehead atoms. The first-order valence-electron chi connectivity index (χ1n) is 29.1. The maximum Gasteiger partial charge on any atom is 0.143 e. The summed E-state index contributed by atoms with van der Waals surface area (Å²) in [5.41, 5.74) is 17.2. The fraction of sp³-hybridized carbons (Fsp3) is 0. The zero-order valence-corrected chi connectivity index (χ0v) is 48.1. The maximum absolute atomic E-state index is 12.6. The molecule has 0 N–H and O–H groups in total. The van der Waals surface area contributed by atoms with Gasteiger partial charge in [-0.2, -0.15) is 10.5 Å². The summed E-state index contributed by atoms with van der Waals surface area (Å²) in [7, 11) is 0. The lowest BCUT2D eigenvalue weighted by Crippen LogP contribution is -2.11. The number of benzene rings is 13. The summed E-state index contributed by atoms with van der Waals surface area (Å²) in [5, 5.41) is 35.9. The highest BCUT2D eigenvalue weighted by molar-refractivity contribution is 7.27. The standard InChI is InChI=1S/C80H44N4OS2/c81-45-63-70(49-24-9-3-10-25-49)64(46-82)75(71(50-26-11-4-12-27-50)74(63)83-65-34-15-13-28-55(65)56-39-38-51(44-66(56)83)54-32-17-33-60-57-29-14-16-35-67(57)85-78(54)60)84-76-58(40-42-61-72-52(47-20-5-1-6-21-47)30-18-36-68(72)86-79(61)76)59-41-43-62-73-53(48-22-7-2-8-23-48)31-19-37-69(73)87-80(62)77(59)84/h1-44H. The van der Waals surface area contributed by atoms with Gasteiger partial charge in [-0.3, -0.25) is 0 Å². The predicted octanol–water partition coefficient (Wildman–Crippen LogP) is 22.6. The molecule has 5 heterocycles. The second-order valence-corrected chi connectivity index (χ2v) is 24.4. The number of furan rings is 1. The molecule has 0 saturated heterocycles. The SMILES string of the molecule is N#Cc1c(-c2ccccc2)c(C#N)c(-n2c3c(ccc4c3sc3cccc(-c5ccccc5)c34)c3ccc4c(sc5cccc(-c6ccccc6)c54)c32)c(-c2ccccc2)c1-n1c2ccccc2c2ccc(-c3cccc4c3oc3ccccc34)cc21. The highest BCUT2D eigenvalue weighted by Gasteiger charge is 2.34. The van der Waals surface area contributed by atoms with E-state index in [0.29, 0.717) is 28.1 Å². The predicted molar refractivity (Wildman–Crippen MR) is 365 cm³/mol. The van der Waals surface area contributed by atoms with E-state index < -0.39 is 0 Å². The van der Waals surface area contributed by atoms with Gasteiger partial charge in [0.2, 0.25) is 0 Å². The van der Waals surface area contributed by atoms with E-state index in [4.69, 9.17) is 4.42 Å². The average Bonchev–Trinajstić information content (AvgIpc) is 3.60. The van der Waals surface area contributed by atoms with Gasteiger partial charge >= 0.3 is 0 Å². The Labute approximate surface area is 506 Å². The summed E-state index contributed by atoms with van der Waals surface area (Å²) in [5.74, 6) is 0. The molecule has 0 spiro atoms. The van der Waals surface area contributed by atoms with Gasteiger partial charge in [0.25, 0.3) is 0 Å². The van der Waals surface area contributed by atoms with Crippen LogP contribution in [-0.2, 0) is 0 Å². The molecule has 0 radical (unpaired) electrons. The summed E-state index contributed by atoms with van der Waals surface area (Å²) >= 11 is 3.60. The van der Waals surface area contributed by atoms with Gasteiger partial charge in [0.1, 0.15) is 23.3 Å². The Bertz CT molecular complexity index is 5840. The highest BCUT2D eigenvalue weighted by Crippen LogP contribution is 2.54. The van der Waals surface area contributed by atoms with Crippen LogP contribution in [0.1, 0.15) is 11.1 Å². The smallest absolute Gasteiger partial charge is 0.143 e. The molecule has 0 aliphatic heterocycles. The van der Waals surface area contributed by atoms with Crippen molar-refractivity contribution in [2.45, 2.75) is 0 Å². The number of thiophene rings is 2. The molecule has 0 saturated carbocycles. The monoisotopic (exact) mass is 1140 g/mol. The molecule has 0 fully saturated rings. The number of aromatic nitrogens is 2. The van der Waals surface area contributed by atoms with Crippen LogP contribution in [0.2, 0.25) is 0 Å². The molecule has 18 rings (SSSR count). The van der Waals surface area contributed by atoms with Crippen molar-refractivity contribution < 1.29 is 4.42 Å². The number of hydrogen-bond acceptors (Lipinski definition) is 5. The van der Waals surface area contributed by atoms with Crippen molar-refractivity contribution in [2.24, 2.45) is 0 Å². The van der Waals surface area contributed by atoms with Gasteiger partial charge in [0.15, 0.2) is 0 Å². The van der Waals surface area contributed by atoms with Crippen molar-refractivity contribution in [3.63, 3.8) is 0 Å². The van der Waals surface area contributed by atoms with Crippen LogP contribution >= 0.6 is 22.7 Å². The molecule has 0 aliphatic carbocycles. The first-order chi connectivity index (χ1) is 43.1. The minimum absolute atomic E-state index is 0.396. The van der Waals surface area contributed by atoms with Gasteiger partial charge in [-0.15, -0.1) is 22.7 Å². The Hall–Kier alpha value is -11.3. The van der Waals surface area contributed by atoms with Gasteiger partial charge in [0, 0.05) is 80.0 Å². The van der Waals surface area contributed by atoms with Crippen LogP contribution in [0, 0.1) is 22.7 Å². The largest absolute Gasteiger partial charge is 0.455 e. The molecule has 0 unspecified atom stereocenters. The van der Waals surface area contributed by atoms with Gasteiger partial charge < -0.3 is 13.6 Å². The van der Waals surface area contributed by atoms with Crippen molar-refractivity contribution >= 4 is 129 Å². The zero-order chi connectivity index (χ0) is 57.4. The molecular formula is C80H44N4OS2. The van der Waals surface area contributed by atoms with Crippen LogP contribution in [0.15, 0.2) is 271 Å². The van der Waals surface area contributed by atoms with Crippen LogP contribution in [0.3, 0.4) is 0 Å². The second kappa shape index (κ2) is 19.1. The van der Waals surface area contributed by atoms with Gasteiger partial charge in [-0.25, -0.2) is 0 Å². The normalized spacial score (nSPS) is 11.9. The van der Waals surface area contributed by atoms with Crippen molar-refractivity contribution in [2.75, 3.05) is 0 Å². The minimum Gasteiger partial charge on any atom is -0.455 e. The zero-order valence-electron chi connectivity index (χ0n) is 46.4. The molecule has 402 valence electrons. The summed E-state index contributed by atoms with van der Waals surface area (Å²) in [6.07, 6.45) is 0. The van der Waals surface area contributed by atoms with E-state index in [0.717, 1.165) is 125 Å². The quantitative estimate of drug-likeness (QED) is 0.160. The highest BCUT2D eigenvalue weighted by atomic mass is 32.1. The van der Waals surface area contributed by atoms with E-state index >= 15 is 0 Å². The molecule has 0 atom stereocenters. The minimum atomic E-state index is 0.396. The summed E-state index contributed by atoms with van der Waals surface area (Å²) in [6, 6.07) is 100. The first-order valence-corrected chi connectivity index (χ1v) is 30.7. The van der Waals surface area contributed by atoms with Crippen LogP contribution in [0.25, 0.3) is 173 Å². The Balaban J connectivity index is 1.07. The lowest BCUT2D eigenvalue weighted by Gasteiger charge is -2.25. The van der Waals surface area contributed by atoms with Crippen LogP contribution in [0.5, 0.6) is 0 Å². The third kappa shape index (κ3) is 7.10. The summed E-state index contributed by atoms with van der Waals surface area (Å²) in [6.45, 7) is 0. The number of para-hydroxylation sites is 3. The summed E-state index contributed by atoms with van der Waals surface area (Å²) < 4.78 is 16.1. The van der Waals surface area contributed by atoms with E-state index in [9.17, 15) is 10.5 Å². The van der Waals surface area contributed by atoms with E-state index in [-0.39, 0.29) is 0 Å². The molecule has 13 aromatic carbocycles. The Kier molecular flexibility index (Phi) is 10.8. The van der Waals surface area contributed by atoms with Crippen molar-refractivity contribution in [1.82, 2.24) is 9.13 Å². The molecule has 5 nitrogen and oxygen atoms in total. The lowest BCUT2D eigenvalue weighted by atomic mass is 9.86. The average molecular weight is 1140 g/mol. The second-order valence-electron chi connectivity index (χ2n) is 22.3. The van der Waals surface area contributed by atoms with Crippen molar-refractivity contribution in [3.8, 4) is 79.1 Å².